The van der Waals surface area contributed by atoms with Gasteiger partial charge in [0.25, 0.3) is 5.91 Å². The average molecular weight is 444 g/mol. The molecule has 0 spiro atoms. The maximum absolute atomic E-state index is 12.2. The van der Waals surface area contributed by atoms with Crippen LogP contribution in [0.25, 0.3) is 5.69 Å². The molecule has 0 aliphatic rings. The number of amides is 1. The zero-order valence-electron chi connectivity index (χ0n) is 18.3. The highest BCUT2D eigenvalue weighted by atomic mass is 16.5. The molecule has 7 nitrogen and oxygen atoms in total. The van der Waals surface area contributed by atoms with Gasteiger partial charge in [-0.15, -0.1) is 0 Å². The first kappa shape index (κ1) is 22.0. The van der Waals surface area contributed by atoms with Crippen LogP contribution >= 0.6 is 0 Å². The lowest BCUT2D eigenvalue weighted by Crippen LogP contribution is -2.28. The molecule has 0 unspecified atom stereocenters. The smallest absolute Gasteiger partial charge is 0.258 e. The summed E-state index contributed by atoms with van der Waals surface area (Å²) in [6, 6.07) is 26.6. The summed E-state index contributed by atoms with van der Waals surface area (Å²) in [5.74, 6) is 1.90. The number of carbonyl (C=O) groups excluding carboxylic acids is 1. The molecule has 0 fully saturated rings. The van der Waals surface area contributed by atoms with Gasteiger partial charge >= 0.3 is 0 Å². The first-order chi connectivity index (χ1) is 16.2. The number of aromatic nitrogens is 2. The summed E-state index contributed by atoms with van der Waals surface area (Å²) in [6.07, 6.45) is 1.85. The highest BCUT2D eigenvalue weighted by Gasteiger charge is 2.06. The topological polar surface area (TPSA) is 74.6 Å². The minimum Gasteiger partial charge on any atom is -0.497 e. The van der Waals surface area contributed by atoms with E-state index in [0.29, 0.717) is 18.9 Å². The molecule has 0 aliphatic carbocycles. The monoisotopic (exact) mass is 443 g/mol. The van der Waals surface area contributed by atoms with Crippen LogP contribution in [0, 0.1) is 0 Å². The van der Waals surface area contributed by atoms with E-state index in [1.165, 1.54) is 0 Å². The van der Waals surface area contributed by atoms with Gasteiger partial charge in [0, 0.05) is 6.20 Å². The molecule has 1 aromatic heterocycles. The zero-order chi connectivity index (χ0) is 22.9. The maximum Gasteiger partial charge on any atom is 0.258 e. The van der Waals surface area contributed by atoms with Crippen LogP contribution in [0.4, 0.5) is 0 Å². The Morgan fingerprint density at radius 1 is 0.848 bits per heavy atom. The van der Waals surface area contributed by atoms with Crippen molar-refractivity contribution in [3.05, 3.63) is 102 Å². The van der Waals surface area contributed by atoms with Gasteiger partial charge in [0.15, 0.2) is 6.61 Å². The molecule has 33 heavy (non-hydrogen) atoms. The van der Waals surface area contributed by atoms with Crippen molar-refractivity contribution in [2.75, 3.05) is 13.7 Å². The number of ether oxygens (including phenoxy) is 3. The first-order valence-electron chi connectivity index (χ1n) is 10.5. The van der Waals surface area contributed by atoms with Gasteiger partial charge in [-0.3, -0.25) is 4.79 Å². The second kappa shape index (κ2) is 10.9. The Hall–Kier alpha value is -4.26. The van der Waals surface area contributed by atoms with E-state index < -0.39 is 0 Å². The number of hydrogen-bond acceptors (Lipinski definition) is 5. The van der Waals surface area contributed by atoms with E-state index in [-0.39, 0.29) is 12.5 Å². The largest absolute Gasteiger partial charge is 0.497 e. The van der Waals surface area contributed by atoms with Crippen LogP contribution in [-0.2, 0) is 17.9 Å². The zero-order valence-corrected chi connectivity index (χ0v) is 18.3. The Kier molecular flexibility index (Phi) is 7.22. The van der Waals surface area contributed by atoms with E-state index in [1.807, 2.05) is 79.0 Å². The van der Waals surface area contributed by atoms with Crippen LogP contribution in [0.15, 0.2) is 91.1 Å². The molecule has 3 aromatic carbocycles. The standard InChI is InChI=1S/C26H25N3O4/c1-31-23-9-7-22(8-10-23)29-16-15-21(28-29)17-27-26(30)19-33-25-13-11-24(12-14-25)32-18-20-5-3-2-4-6-20/h2-16H,17-19H2,1H3,(H,27,30). The molecular formula is C26H25N3O4. The lowest BCUT2D eigenvalue weighted by atomic mass is 10.2. The third kappa shape index (κ3) is 6.36. The van der Waals surface area contributed by atoms with Gasteiger partial charge in [0.1, 0.15) is 23.9 Å². The Morgan fingerprint density at radius 3 is 2.21 bits per heavy atom. The van der Waals surface area contributed by atoms with E-state index in [9.17, 15) is 4.79 Å². The number of hydrogen-bond donors (Lipinski definition) is 1. The van der Waals surface area contributed by atoms with Crippen molar-refractivity contribution in [1.29, 1.82) is 0 Å². The van der Waals surface area contributed by atoms with Gasteiger partial charge in [0.05, 0.1) is 25.0 Å². The molecule has 4 rings (SSSR count). The minimum atomic E-state index is -0.224. The maximum atomic E-state index is 12.2. The lowest BCUT2D eigenvalue weighted by Gasteiger charge is -2.09. The molecule has 4 aromatic rings. The van der Waals surface area contributed by atoms with Crippen molar-refractivity contribution < 1.29 is 19.0 Å². The molecule has 1 amide bonds. The number of rotatable bonds is 10. The van der Waals surface area contributed by atoms with E-state index in [2.05, 4.69) is 10.4 Å². The van der Waals surface area contributed by atoms with Gasteiger partial charge in [0.2, 0.25) is 0 Å². The molecule has 0 saturated carbocycles. The Labute approximate surface area is 192 Å². The molecule has 0 bridgehead atoms. The van der Waals surface area contributed by atoms with Crippen molar-refractivity contribution in [3.8, 4) is 22.9 Å². The molecule has 1 N–H and O–H groups in total. The van der Waals surface area contributed by atoms with Crippen molar-refractivity contribution >= 4 is 5.91 Å². The third-order valence-corrected chi connectivity index (χ3v) is 4.89. The van der Waals surface area contributed by atoms with E-state index in [1.54, 1.807) is 23.9 Å². The second-order valence-electron chi connectivity index (χ2n) is 7.26. The van der Waals surface area contributed by atoms with E-state index in [4.69, 9.17) is 14.2 Å². The van der Waals surface area contributed by atoms with Crippen molar-refractivity contribution in [2.24, 2.45) is 0 Å². The van der Waals surface area contributed by atoms with E-state index >= 15 is 0 Å². The highest BCUT2D eigenvalue weighted by molar-refractivity contribution is 5.77. The lowest BCUT2D eigenvalue weighted by molar-refractivity contribution is -0.123. The fourth-order valence-corrected chi connectivity index (χ4v) is 3.10. The summed E-state index contributed by atoms with van der Waals surface area (Å²) in [5, 5.41) is 7.30. The molecule has 0 atom stereocenters. The Balaban J connectivity index is 1.20. The third-order valence-electron chi connectivity index (χ3n) is 4.89. The highest BCUT2D eigenvalue weighted by Crippen LogP contribution is 2.19. The number of methoxy groups -OCH3 is 1. The van der Waals surface area contributed by atoms with Crippen molar-refractivity contribution in [1.82, 2.24) is 15.1 Å². The van der Waals surface area contributed by atoms with Crippen LogP contribution in [0.3, 0.4) is 0 Å². The van der Waals surface area contributed by atoms with Crippen LogP contribution < -0.4 is 19.5 Å². The quantitative estimate of drug-likeness (QED) is 0.399. The molecule has 0 saturated heterocycles. The second-order valence-corrected chi connectivity index (χ2v) is 7.26. The predicted molar refractivity (Wildman–Crippen MR) is 125 cm³/mol. The van der Waals surface area contributed by atoms with Gasteiger partial charge in [-0.2, -0.15) is 5.10 Å². The predicted octanol–water partition coefficient (Wildman–Crippen LogP) is 4.16. The van der Waals surface area contributed by atoms with Crippen LogP contribution in [0.2, 0.25) is 0 Å². The summed E-state index contributed by atoms with van der Waals surface area (Å²) in [7, 11) is 1.63. The van der Waals surface area contributed by atoms with Gasteiger partial charge in [-0.05, 0) is 60.2 Å². The van der Waals surface area contributed by atoms with E-state index in [0.717, 1.165) is 28.4 Å². The normalized spacial score (nSPS) is 10.5. The number of nitrogens with one attached hydrogen (secondary N) is 1. The molecule has 7 heteroatoms. The summed E-state index contributed by atoms with van der Waals surface area (Å²) in [4.78, 5) is 12.2. The molecule has 0 aliphatic heterocycles. The average Bonchev–Trinajstić information content (AvgIpc) is 3.35. The summed E-state index contributed by atoms with van der Waals surface area (Å²) < 4.78 is 18.2. The molecule has 168 valence electrons. The van der Waals surface area contributed by atoms with Crippen molar-refractivity contribution in [3.63, 3.8) is 0 Å². The van der Waals surface area contributed by atoms with Gasteiger partial charge in [-0.25, -0.2) is 4.68 Å². The van der Waals surface area contributed by atoms with Crippen LogP contribution in [0.1, 0.15) is 11.3 Å². The van der Waals surface area contributed by atoms with Crippen molar-refractivity contribution in [2.45, 2.75) is 13.2 Å². The molecular weight excluding hydrogens is 418 g/mol. The molecule has 0 radical (unpaired) electrons. The van der Waals surface area contributed by atoms with Gasteiger partial charge in [-0.1, -0.05) is 30.3 Å². The summed E-state index contributed by atoms with van der Waals surface area (Å²) in [5.41, 5.74) is 2.76. The van der Waals surface area contributed by atoms with Crippen LogP contribution in [-0.4, -0.2) is 29.4 Å². The number of benzene rings is 3. The fraction of sp³-hybridized carbons (Fsp3) is 0.154. The molecule has 1 heterocycles. The summed E-state index contributed by atoms with van der Waals surface area (Å²) >= 11 is 0. The first-order valence-corrected chi connectivity index (χ1v) is 10.5. The number of nitrogens with zero attached hydrogens (tertiary/aromatic N) is 2. The fourth-order valence-electron chi connectivity index (χ4n) is 3.10. The summed E-state index contributed by atoms with van der Waals surface area (Å²) in [6.45, 7) is 0.735. The Morgan fingerprint density at radius 2 is 1.52 bits per heavy atom. The Bertz CT molecular complexity index is 1160. The SMILES string of the molecule is COc1ccc(-n2ccc(CNC(=O)COc3ccc(OCc4ccccc4)cc3)n2)cc1. The van der Waals surface area contributed by atoms with Gasteiger partial charge < -0.3 is 19.5 Å². The minimum absolute atomic E-state index is 0.0800. The van der Waals surface area contributed by atoms with Crippen LogP contribution in [0.5, 0.6) is 17.2 Å². The number of carbonyl (C=O) groups is 1.